The summed E-state index contributed by atoms with van der Waals surface area (Å²) in [6, 6.07) is 0. The van der Waals surface area contributed by atoms with Gasteiger partial charge in [0.2, 0.25) is 0 Å². The Kier molecular flexibility index (Phi) is 3.77. The van der Waals surface area contributed by atoms with Crippen molar-refractivity contribution in [1.82, 2.24) is 0 Å². The lowest BCUT2D eigenvalue weighted by molar-refractivity contribution is -0.158. The van der Waals surface area contributed by atoms with Gasteiger partial charge in [-0.15, -0.1) is 0 Å². The Balaban J connectivity index is 2.74. The van der Waals surface area contributed by atoms with Crippen molar-refractivity contribution in [3.63, 3.8) is 0 Å². The van der Waals surface area contributed by atoms with Gasteiger partial charge in [0, 0.05) is 0 Å². The maximum Gasteiger partial charge on any atom is 0.312 e. The molecule has 1 aliphatic rings. The first-order valence-electron chi connectivity index (χ1n) is 5.79. The van der Waals surface area contributed by atoms with E-state index in [1.54, 1.807) is 13.8 Å². The molecule has 15 heavy (non-hydrogen) atoms. The molecule has 0 spiro atoms. The highest BCUT2D eigenvalue weighted by Gasteiger charge is 2.45. The van der Waals surface area contributed by atoms with Crippen molar-refractivity contribution in [2.45, 2.75) is 58.5 Å². The molecule has 1 N–H and O–H groups in total. The number of hydrogen-bond donors (Lipinski definition) is 1. The summed E-state index contributed by atoms with van der Waals surface area (Å²) < 4.78 is 5.12. The van der Waals surface area contributed by atoms with Crippen LogP contribution in [0.5, 0.6) is 0 Å². The van der Waals surface area contributed by atoms with E-state index < -0.39 is 11.0 Å². The van der Waals surface area contributed by atoms with E-state index in [4.69, 9.17) is 4.74 Å². The lowest BCUT2D eigenvalue weighted by Gasteiger charge is -2.32. The molecule has 0 unspecified atom stereocenters. The van der Waals surface area contributed by atoms with Gasteiger partial charge in [-0.3, -0.25) is 4.79 Å². The third-order valence-corrected chi connectivity index (χ3v) is 3.04. The van der Waals surface area contributed by atoms with Gasteiger partial charge in [0.1, 0.15) is 0 Å². The third kappa shape index (κ3) is 3.20. The van der Waals surface area contributed by atoms with E-state index >= 15 is 0 Å². The second kappa shape index (κ2) is 4.52. The minimum Gasteiger partial charge on any atom is -0.466 e. The fourth-order valence-electron chi connectivity index (χ4n) is 2.62. The second-order valence-electron chi connectivity index (χ2n) is 5.20. The van der Waals surface area contributed by atoms with E-state index in [1.165, 1.54) is 0 Å². The zero-order chi connectivity index (χ0) is 11.5. The molecule has 1 fully saturated rings. The average molecular weight is 214 g/mol. The van der Waals surface area contributed by atoms with Crippen molar-refractivity contribution in [2.75, 3.05) is 6.61 Å². The average Bonchev–Trinajstić information content (AvgIpc) is 2.51. The summed E-state index contributed by atoms with van der Waals surface area (Å²) in [5, 5.41) is 9.85. The Labute approximate surface area is 91.8 Å². The van der Waals surface area contributed by atoms with Crippen LogP contribution < -0.4 is 0 Å². The molecule has 0 bridgehead atoms. The number of carbonyl (C=O) groups excluding carboxylic acids is 1. The molecule has 1 rings (SSSR count). The molecule has 0 aromatic carbocycles. The van der Waals surface area contributed by atoms with Crippen LogP contribution in [-0.2, 0) is 9.53 Å². The van der Waals surface area contributed by atoms with Crippen molar-refractivity contribution in [3.05, 3.63) is 0 Å². The first-order chi connectivity index (χ1) is 6.90. The molecule has 0 aromatic heterocycles. The maximum absolute atomic E-state index is 11.9. The van der Waals surface area contributed by atoms with Crippen LogP contribution in [0.2, 0.25) is 0 Å². The van der Waals surface area contributed by atoms with Gasteiger partial charge in [-0.1, -0.05) is 12.8 Å². The predicted octanol–water partition coefficient (Wildman–Crippen LogP) is 2.27. The summed E-state index contributed by atoms with van der Waals surface area (Å²) in [5.41, 5.74) is -1.22. The maximum atomic E-state index is 11.9. The molecule has 3 nitrogen and oxygen atoms in total. The van der Waals surface area contributed by atoms with Crippen LogP contribution in [0.15, 0.2) is 0 Å². The van der Waals surface area contributed by atoms with Gasteiger partial charge < -0.3 is 9.84 Å². The van der Waals surface area contributed by atoms with Crippen LogP contribution >= 0.6 is 0 Å². The summed E-state index contributed by atoms with van der Waals surface area (Å²) in [6.07, 6.45) is 4.36. The number of ether oxygens (including phenoxy) is 1. The standard InChI is InChI=1S/C12H22O3/c1-4-15-10(13)12(7-5-6-8-12)9-11(2,3)14/h14H,4-9H2,1-3H3. The number of rotatable bonds is 4. The number of hydrogen-bond acceptors (Lipinski definition) is 3. The molecule has 0 saturated heterocycles. The van der Waals surface area contributed by atoms with Crippen molar-refractivity contribution >= 4 is 5.97 Å². The normalized spacial score (nSPS) is 20.3. The zero-order valence-corrected chi connectivity index (χ0v) is 10.0. The topological polar surface area (TPSA) is 46.5 Å². The molecule has 0 radical (unpaired) electrons. The fourth-order valence-corrected chi connectivity index (χ4v) is 2.62. The van der Waals surface area contributed by atoms with E-state index in [0.29, 0.717) is 13.0 Å². The lowest BCUT2D eigenvalue weighted by Crippen LogP contribution is -2.37. The highest BCUT2D eigenvalue weighted by atomic mass is 16.5. The van der Waals surface area contributed by atoms with Gasteiger partial charge in [0.25, 0.3) is 0 Å². The molecule has 1 aliphatic carbocycles. The highest BCUT2D eigenvalue weighted by Crippen LogP contribution is 2.45. The Hall–Kier alpha value is -0.570. The van der Waals surface area contributed by atoms with Gasteiger partial charge in [-0.25, -0.2) is 0 Å². The van der Waals surface area contributed by atoms with Crippen LogP contribution in [0.3, 0.4) is 0 Å². The summed E-state index contributed by atoms with van der Waals surface area (Å²) in [4.78, 5) is 11.9. The van der Waals surface area contributed by atoms with E-state index in [2.05, 4.69) is 0 Å². The second-order valence-corrected chi connectivity index (χ2v) is 5.20. The monoisotopic (exact) mass is 214 g/mol. The first kappa shape index (κ1) is 12.5. The number of esters is 1. The van der Waals surface area contributed by atoms with Gasteiger partial charge in [-0.2, -0.15) is 0 Å². The van der Waals surface area contributed by atoms with Crippen LogP contribution in [0.1, 0.15) is 52.9 Å². The Bertz CT molecular complexity index is 222. The minimum absolute atomic E-state index is 0.121. The molecule has 0 aromatic rings. The van der Waals surface area contributed by atoms with Gasteiger partial charge in [0.15, 0.2) is 0 Å². The van der Waals surface area contributed by atoms with E-state index in [0.717, 1.165) is 25.7 Å². The summed E-state index contributed by atoms with van der Waals surface area (Å²) in [7, 11) is 0. The van der Waals surface area contributed by atoms with Gasteiger partial charge in [0.05, 0.1) is 17.6 Å². The quantitative estimate of drug-likeness (QED) is 0.730. The van der Waals surface area contributed by atoms with Crippen molar-refractivity contribution in [1.29, 1.82) is 0 Å². The molecule has 0 atom stereocenters. The summed E-state index contributed by atoms with van der Waals surface area (Å²) in [5.74, 6) is -0.121. The Morgan fingerprint density at radius 3 is 2.33 bits per heavy atom. The molecule has 88 valence electrons. The molecular weight excluding hydrogens is 192 g/mol. The van der Waals surface area contributed by atoms with Crippen LogP contribution in [-0.4, -0.2) is 23.3 Å². The molecule has 0 amide bonds. The third-order valence-electron chi connectivity index (χ3n) is 3.04. The SMILES string of the molecule is CCOC(=O)C1(CC(C)(C)O)CCCC1. The van der Waals surface area contributed by atoms with Crippen LogP contribution in [0.25, 0.3) is 0 Å². The minimum atomic E-state index is -0.795. The lowest BCUT2D eigenvalue weighted by atomic mass is 9.77. The predicted molar refractivity (Wildman–Crippen MR) is 58.4 cm³/mol. The smallest absolute Gasteiger partial charge is 0.312 e. The molecular formula is C12H22O3. The number of aliphatic hydroxyl groups is 1. The Morgan fingerprint density at radius 1 is 1.40 bits per heavy atom. The largest absolute Gasteiger partial charge is 0.466 e. The van der Waals surface area contributed by atoms with E-state index in [9.17, 15) is 9.90 Å². The molecule has 1 saturated carbocycles. The first-order valence-corrected chi connectivity index (χ1v) is 5.79. The van der Waals surface area contributed by atoms with E-state index in [1.807, 2.05) is 6.92 Å². The van der Waals surface area contributed by atoms with Gasteiger partial charge >= 0.3 is 5.97 Å². The van der Waals surface area contributed by atoms with Crippen molar-refractivity contribution < 1.29 is 14.6 Å². The molecule has 3 heteroatoms. The van der Waals surface area contributed by atoms with Crippen molar-refractivity contribution in [3.8, 4) is 0 Å². The van der Waals surface area contributed by atoms with E-state index in [-0.39, 0.29) is 5.97 Å². The summed E-state index contributed by atoms with van der Waals surface area (Å²) >= 11 is 0. The number of carbonyl (C=O) groups is 1. The fraction of sp³-hybridized carbons (Fsp3) is 0.917. The molecule has 0 aliphatic heterocycles. The van der Waals surface area contributed by atoms with Crippen LogP contribution in [0.4, 0.5) is 0 Å². The van der Waals surface area contributed by atoms with Crippen LogP contribution in [0, 0.1) is 5.41 Å². The molecule has 0 heterocycles. The summed E-state index contributed by atoms with van der Waals surface area (Å²) in [6.45, 7) is 5.76. The van der Waals surface area contributed by atoms with Crippen molar-refractivity contribution in [2.24, 2.45) is 5.41 Å². The zero-order valence-electron chi connectivity index (χ0n) is 10.0. The van der Waals surface area contributed by atoms with Gasteiger partial charge in [-0.05, 0) is 40.0 Å². The Morgan fingerprint density at radius 2 is 1.93 bits per heavy atom. The highest BCUT2D eigenvalue weighted by molar-refractivity contribution is 5.77.